The molecule has 2 aromatic rings. The molecule has 126 valence electrons. The van der Waals surface area contributed by atoms with Gasteiger partial charge in [0.25, 0.3) is 0 Å². The first kappa shape index (κ1) is 17.9. The number of carboxylic acids is 1. The van der Waals surface area contributed by atoms with Crippen molar-refractivity contribution in [2.24, 2.45) is 5.92 Å². The molecule has 0 amide bonds. The van der Waals surface area contributed by atoms with E-state index in [4.69, 9.17) is 0 Å². The van der Waals surface area contributed by atoms with E-state index in [-0.39, 0.29) is 10.5 Å². The lowest BCUT2D eigenvalue weighted by molar-refractivity contribution is -0.140. The maximum Gasteiger partial charge on any atom is 0.308 e. The maximum atomic E-state index is 12.9. The van der Waals surface area contributed by atoms with Crippen LogP contribution < -0.4 is 0 Å². The minimum atomic E-state index is -4.14. The largest absolute Gasteiger partial charge is 0.481 e. The Morgan fingerprint density at radius 3 is 2.00 bits per heavy atom. The van der Waals surface area contributed by atoms with Gasteiger partial charge in [-0.2, -0.15) is 0 Å². The van der Waals surface area contributed by atoms with Crippen LogP contribution in [0.5, 0.6) is 0 Å². The van der Waals surface area contributed by atoms with Crippen LogP contribution in [0.4, 0.5) is 0 Å². The highest BCUT2D eigenvalue weighted by atomic mass is 32.2. The molecule has 0 aliphatic rings. The van der Waals surface area contributed by atoms with E-state index in [1.807, 2.05) is 6.92 Å². The standard InChI is InChI=1S/C18H18O5S/c1-12-8-10-15(11-9-12)24(22,23)17(13(2)18(20)21)16(19)14-6-4-3-5-7-14/h3-11,13,17H,1-2H3,(H,20,21). The quantitative estimate of drug-likeness (QED) is 0.813. The summed E-state index contributed by atoms with van der Waals surface area (Å²) in [7, 11) is -4.14. The Bertz CT molecular complexity index is 839. The van der Waals surface area contributed by atoms with E-state index >= 15 is 0 Å². The molecule has 2 aromatic carbocycles. The Balaban J connectivity index is 2.56. The molecular weight excluding hydrogens is 328 g/mol. The summed E-state index contributed by atoms with van der Waals surface area (Å²) in [5.74, 6) is -3.42. The number of ketones is 1. The Hall–Kier alpha value is -2.47. The van der Waals surface area contributed by atoms with E-state index in [0.29, 0.717) is 0 Å². The van der Waals surface area contributed by atoms with Gasteiger partial charge in [0.1, 0.15) is 5.25 Å². The molecule has 2 unspecified atom stereocenters. The van der Waals surface area contributed by atoms with E-state index < -0.39 is 32.8 Å². The van der Waals surface area contributed by atoms with Gasteiger partial charge in [0.2, 0.25) is 0 Å². The maximum absolute atomic E-state index is 12.9. The Kier molecular flexibility index (Phi) is 5.19. The number of aliphatic carboxylic acids is 1. The highest BCUT2D eigenvalue weighted by Crippen LogP contribution is 2.26. The van der Waals surface area contributed by atoms with Crippen molar-refractivity contribution in [3.05, 3.63) is 65.7 Å². The van der Waals surface area contributed by atoms with Gasteiger partial charge < -0.3 is 5.11 Å². The van der Waals surface area contributed by atoms with Crippen LogP contribution in [0.15, 0.2) is 59.5 Å². The lowest BCUT2D eigenvalue weighted by atomic mass is 9.99. The summed E-state index contributed by atoms with van der Waals surface area (Å²) >= 11 is 0. The molecule has 0 bridgehead atoms. The van der Waals surface area contributed by atoms with Crippen molar-refractivity contribution in [1.29, 1.82) is 0 Å². The predicted octanol–water partition coefficient (Wildman–Crippen LogP) is 2.74. The van der Waals surface area contributed by atoms with Gasteiger partial charge in [0.15, 0.2) is 15.6 Å². The molecule has 0 fully saturated rings. The summed E-state index contributed by atoms with van der Waals surface area (Å²) < 4.78 is 25.8. The lowest BCUT2D eigenvalue weighted by Gasteiger charge is -2.20. The molecule has 0 saturated carbocycles. The van der Waals surface area contributed by atoms with Crippen LogP contribution in [0.1, 0.15) is 22.8 Å². The van der Waals surface area contributed by atoms with E-state index in [2.05, 4.69) is 0 Å². The molecule has 0 aromatic heterocycles. The zero-order valence-corrected chi connectivity index (χ0v) is 14.2. The molecular formula is C18H18O5S. The average molecular weight is 346 g/mol. The first-order chi connectivity index (χ1) is 11.2. The van der Waals surface area contributed by atoms with Gasteiger partial charge in [-0.15, -0.1) is 0 Å². The van der Waals surface area contributed by atoms with Gasteiger partial charge in [0.05, 0.1) is 10.8 Å². The number of hydrogen-bond donors (Lipinski definition) is 1. The third-order valence-electron chi connectivity index (χ3n) is 3.84. The molecule has 2 rings (SSSR count). The van der Waals surface area contributed by atoms with Crippen molar-refractivity contribution in [1.82, 2.24) is 0 Å². The number of sulfone groups is 1. The predicted molar refractivity (Wildman–Crippen MR) is 89.7 cm³/mol. The van der Waals surface area contributed by atoms with Gasteiger partial charge in [-0.05, 0) is 19.1 Å². The summed E-state index contributed by atoms with van der Waals surface area (Å²) in [5, 5.41) is 7.61. The number of carbonyl (C=O) groups excluding carboxylic acids is 1. The van der Waals surface area contributed by atoms with Crippen LogP contribution in [0.2, 0.25) is 0 Å². The minimum absolute atomic E-state index is 0.0597. The Morgan fingerprint density at radius 1 is 0.958 bits per heavy atom. The van der Waals surface area contributed by atoms with Gasteiger partial charge in [-0.1, -0.05) is 55.0 Å². The topological polar surface area (TPSA) is 88.5 Å². The number of benzene rings is 2. The molecule has 1 N–H and O–H groups in total. The third kappa shape index (κ3) is 3.54. The smallest absolute Gasteiger partial charge is 0.308 e. The molecule has 0 radical (unpaired) electrons. The summed E-state index contributed by atoms with van der Waals surface area (Å²) in [6, 6.07) is 13.9. The number of carbonyl (C=O) groups is 2. The fourth-order valence-electron chi connectivity index (χ4n) is 2.41. The first-order valence-corrected chi connectivity index (χ1v) is 8.92. The molecule has 5 nitrogen and oxygen atoms in total. The lowest BCUT2D eigenvalue weighted by Crippen LogP contribution is -2.40. The monoisotopic (exact) mass is 346 g/mol. The molecule has 0 aliphatic carbocycles. The van der Waals surface area contributed by atoms with Gasteiger partial charge >= 0.3 is 5.97 Å². The second-order valence-electron chi connectivity index (χ2n) is 5.64. The molecule has 0 spiro atoms. The summed E-state index contributed by atoms with van der Waals surface area (Å²) in [4.78, 5) is 24.1. The number of Topliss-reactive ketones (excluding diaryl/α,β-unsaturated/α-hetero) is 1. The van der Waals surface area contributed by atoms with E-state index in [1.165, 1.54) is 31.2 Å². The van der Waals surface area contributed by atoms with E-state index in [0.717, 1.165) is 5.56 Å². The van der Waals surface area contributed by atoms with Crippen LogP contribution >= 0.6 is 0 Å². The molecule has 0 heterocycles. The second-order valence-corrected chi connectivity index (χ2v) is 7.71. The number of rotatable bonds is 6. The van der Waals surface area contributed by atoms with E-state index in [9.17, 15) is 23.1 Å². The van der Waals surface area contributed by atoms with E-state index in [1.54, 1.807) is 30.3 Å². The average Bonchev–Trinajstić information content (AvgIpc) is 2.55. The summed E-state index contributed by atoms with van der Waals surface area (Å²) in [5.41, 5.74) is 1.04. The Morgan fingerprint density at radius 2 is 1.50 bits per heavy atom. The van der Waals surface area contributed by atoms with Crippen molar-refractivity contribution in [2.45, 2.75) is 24.0 Å². The Labute approximate surface area is 140 Å². The number of hydrogen-bond acceptors (Lipinski definition) is 4. The highest BCUT2D eigenvalue weighted by Gasteiger charge is 2.42. The van der Waals surface area contributed by atoms with Gasteiger partial charge in [-0.25, -0.2) is 8.42 Å². The minimum Gasteiger partial charge on any atom is -0.481 e. The van der Waals surface area contributed by atoms with Crippen molar-refractivity contribution in [3.63, 3.8) is 0 Å². The molecule has 6 heteroatoms. The van der Waals surface area contributed by atoms with Crippen LogP contribution in [-0.2, 0) is 14.6 Å². The fraction of sp³-hybridized carbons (Fsp3) is 0.222. The van der Waals surface area contributed by atoms with Gasteiger partial charge in [0, 0.05) is 5.56 Å². The zero-order chi connectivity index (χ0) is 17.9. The normalized spacial score (nSPS) is 13.9. The number of aryl methyl sites for hydroxylation is 1. The van der Waals surface area contributed by atoms with Crippen LogP contribution in [-0.4, -0.2) is 30.5 Å². The zero-order valence-electron chi connectivity index (χ0n) is 13.3. The van der Waals surface area contributed by atoms with Crippen molar-refractivity contribution < 1.29 is 23.1 Å². The second kappa shape index (κ2) is 6.97. The van der Waals surface area contributed by atoms with Crippen molar-refractivity contribution in [3.8, 4) is 0 Å². The first-order valence-electron chi connectivity index (χ1n) is 7.38. The number of carboxylic acid groups (broad SMARTS) is 1. The highest BCUT2D eigenvalue weighted by molar-refractivity contribution is 7.93. The third-order valence-corrected chi connectivity index (χ3v) is 6.06. The molecule has 0 saturated heterocycles. The van der Waals surface area contributed by atoms with Crippen LogP contribution in [0.25, 0.3) is 0 Å². The SMILES string of the molecule is Cc1ccc(S(=O)(=O)C(C(=O)c2ccccc2)C(C)C(=O)O)cc1. The van der Waals surface area contributed by atoms with Crippen molar-refractivity contribution >= 4 is 21.6 Å². The molecule has 0 aliphatic heterocycles. The fourth-order valence-corrected chi connectivity index (χ4v) is 4.29. The molecule has 2 atom stereocenters. The summed E-state index contributed by atoms with van der Waals surface area (Å²) in [6.07, 6.45) is 0. The van der Waals surface area contributed by atoms with Crippen molar-refractivity contribution in [2.75, 3.05) is 0 Å². The molecule has 24 heavy (non-hydrogen) atoms. The summed E-state index contributed by atoms with van der Waals surface area (Å²) in [6.45, 7) is 3.04. The van der Waals surface area contributed by atoms with Crippen LogP contribution in [0, 0.1) is 12.8 Å². The van der Waals surface area contributed by atoms with Gasteiger partial charge in [-0.3, -0.25) is 9.59 Å². The van der Waals surface area contributed by atoms with Crippen LogP contribution in [0.3, 0.4) is 0 Å².